The molecule has 0 radical (unpaired) electrons. The number of benzene rings is 1. The van der Waals surface area contributed by atoms with E-state index in [1.807, 2.05) is 14.1 Å². The number of nitrogens with zero attached hydrogens (tertiary/aromatic N) is 6. The zero-order valence-electron chi connectivity index (χ0n) is 22.1. The van der Waals surface area contributed by atoms with Crippen LogP contribution in [0, 0.1) is 27.8 Å². The van der Waals surface area contributed by atoms with E-state index >= 15 is 0 Å². The van der Waals surface area contributed by atoms with Crippen LogP contribution in [-0.2, 0) is 11.2 Å². The number of ketones is 1. The minimum atomic E-state index is -0.473. The fraction of sp³-hybridized carbons (Fsp3) is 0.250. The molecular formula is C28H26BrFN7O3+. The van der Waals surface area contributed by atoms with Crippen molar-refractivity contribution in [3.63, 3.8) is 0 Å². The van der Waals surface area contributed by atoms with Gasteiger partial charge < -0.3 is 19.9 Å². The molecule has 0 unspecified atom stereocenters. The number of nitrogens with one attached hydrogen (secondary N) is 1. The number of pyridine rings is 1. The number of allylic oxidation sites excluding steroid dienone is 1. The van der Waals surface area contributed by atoms with Crippen molar-refractivity contribution in [2.24, 2.45) is 4.99 Å². The zero-order valence-corrected chi connectivity index (χ0v) is 23.7. The van der Waals surface area contributed by atoms with Gasteiger partial charge in [-0.05, 0) is 75.1 Å². The van der Waals surface area contributed by atoms with Gasteiger partial charge in [-0.2, -0.15) is 0 Å². The maximum atomic E-state index is 14.0. The maximum absolute atomic E-state index is 14.0. The molecule has 3 aromatic rings. The van der Waals surface area contributed by atoms with Gasteiger partial charge in [0.2, 0.25) is 5.71 Å². The van der Waals surface area contributed by atoms with Crippen LogP contribution in [0.25, 0.3) is 10.9 Å². The van der Waals surface area contributed by atoms with E-state index in [1.54, 1.807) is 37.4 Å². The summed E-state index contributed by atoms with van der Waals surface area (Å²) in [6.07, 6.45) is 6.63. The van der Waals surface area contributed by atoms with Gasteiger partial charge in [0, 0.05) is 16.8 Å². The van der Waals surface area contributed by atoms with Gasteiger partial charge in [-0.25, -0.2) is 14.4 Å². The zero-order chi connectivity index (χ0) is 28.9. The smallest absolute Gasteiger partial charge is 0.358 e. The number of halogens is 2. The van der Waals surface area contributed by atoms with Crippen molar-refractivity contribution >= 4 is 49.8 Å². The highest BCUT2D eigenvalue weighted by Crippen LogP contribution is 2.26. The Labute approximate surface area is 238 Å². The molecule has 1 aliphatic heterocycles. The predicted molar refractivity (Wildman–Crippen MR) is 154 cm³/mol. The van der Waals surface area contributed by atoms with Gasteiger partial charge in [0.15, 0.2) is 5.78 Å². The lowest BCUT2D eigenvalue weighted by Gasteiger charge is -2.28. The first-order chi connectivity index (χ1) is 19.0. The van der Waals surface area contributed by atoms with Crippen LogP contribution in [0.5, 0.6) is 0 Å². The van der Waals surface area contributed by atoms with E-state index < -0.39 is 10.7 Å². The lowest BCUT2D eigenvalue weighted by atomic mass is 10.1. The van der Waals surface area contributed by atoms with Crippen LogP contribution in [0.4, 0.5) is 15.9 Å². The van der Waals surface area contributed by atoms with E-state index in [-0.39, 0.29) is 18.0 Å². The summed E-state index contributed by atoms with van der Waals surface area (Å²) < 4.78 is 14.7. The molecule has 204 valence electrons. The fourth-order valence-electron chi connectivity index (χ4n) is 4.24. The first-order valence-electron chi connectivity index (χ1n) is 12.2. The van der Waals surface area contributed by atoms with E-state index in [0.29, 0.717) is 67.9 Å². The van der Waals surface area contributed by atoms with Crippen LogP contribution in [0.15, 0.2) is 69.8 Å². The second-order valence-electron chi connectivity index (χ2n) is 9.79. The van der Waals surface area contributed by atoms with Gasteiger partial charge in [-0.3, -0.25) is 9.78 Å². The number of aliphatic imine (C=N–C) groups is 1. The lowest BCUT2D eigenvalue weighted by molar-refractivity contribution is -0.880. The minimum Gasteiger partial charge on any atom is -0.358 e. The Morgan fingerprint density at radius 2 is 2.08 bits per heavy atom. The molecule has 0 fully saturated rings. The van der Waals surface area contributed by atoms with Crippen LogP contribution < -0.4 is 5.32 Å². The third kappa shape index (κ3) is 7.19. The number of nitro groups is 1. The average molecular weight is 607 g/mol. The Bertz CT molecular complexity index is 1650. The molecular weight excluding hydrogens is 581 g/mol. The van der Waals surface area contributed by atoms with Gasteiger partial charge in [0.05, 0.1) is 55.2 Å². The number of likely N-dealkylation sites (N-methyl/N-ethyl adjacent to an activating group) is 1. The number of aromatic nitrogens is 3. The van der Waals surface area contributed by atoms with Crippen LogP contribution in [0.1, 0.15) is 19.0 Å². The molecule has 12 heteroatoms. The standard InChI is InChI=1S/C28H26BrFN7O3/c1-4-6-19-11-18(28(35-19)36(39)40)16-37(2,3)10-5-7-22(38)12-21-13-23-26(15-31-21)32-17-33-27(23)34-20-8-9-24(29)25(30)14-20/h5,7-9,13-15,17H,10-12,16H2,1-3H3,(H,32,33,34)/q+1/b7-5+. The van der Waals surface area contributed by atoms with Crippen molar-refractivity contribution in [3.8, 4) is 11.8 Å². The van der Waals surface area contributed by atoms with E-state index in [9.17, 15) is 19.3 Å². The third-order valence-corrected chi connectivity index (χ3v) is 6.66. The van der Waals surface area contributed by atoms with E-state index in [2.05, 4.69) is 53.0 Å². The summed E-state index contributed by atoms with van der Waals surface area (Å²) >= 11 is 3.14. The number of rotatable bonds is 10. The topological polar surface area (TPSA) is 123 Å². The largest absolute Gasteiger partial charge is 0.369 e. The van der Waals surface area contributed by atoms with Crippen molar-refractivity contribution in [2.45, 2.75) is 19.8 Å². The molecule has 0 aliphatic carbocycles. The molecule has 1 aromatic carbocycles. The number of anilines is 2. The molecule has 40 heavy (non-hydrogen) atoms. The Kier molecular flexibility index (Phi) is 8.77. The van der Waals surface area contributed by atoms with Crippen LogP contribution >= 0.6 is 15.9 Å². The summed E-state index contributed by atoms with van der Waals surface area (Å²) in [6.45, 7) is 2.54. The van der Waals surface area contributed by atoms with Crippen LogP contribution in [0.2, 0.25) is 0 Å². The highest BCUT2D eigenvalue weighted by Gasteiger charge is 2.32. The summed E-state index contributed by atoms with van der Waals surface area (Å²) in [5.41, 5.74) is 2.73. The van der Waals surface area contributed by atoms with Gasteiger partial charge in [0.1, 0.15) is 24.5 Å². The molecule has 10 nitrogen and oxygen atoms in total. The first kappa shape index (κ1) is 28.7. The Hall–Kier alpha value is -4.34. The van der Waals surface area contributed by atoms with Crippen molar-refractivity contribution in [3.05, 3.63) is 86.4 Å². The molecule has 0 atom stereocenters. The normalized spacial score (nSPS) is 13.4. The monoisotopic (exact) mass is 606 g/mol. The molecule has 2 aromatic heterocycles. The second-order valence-corrected chi connectivity index (χ2v) is 10.6. The van der Waals surface area contributed by atoms with Gasteiger partial charge in [0.25, 0.3) is 0 Å². The third-order valence-electron chi connectivity index (χ3n) is 6.02. The van der Waals surface area contributed by atoms with E-state index in [0.717, 1.165) is 0 Å². The predicted octanol–water partition coefficient (Wildman–Crippen LogP) is 4.77. The number of hydrogen-bond donors (Lipinski definition) is 1. The summed E-state index contributed by atoms with van der Waals surface area (Å²) in [4.78, 5) is 40.6. The van der Waals surface area contributed by atoms with E-state index in [4.69, 9.17) is 0 Å². The molecule has 1 N–H and O–H groups in total. The second kappa shape index (κ2) is 12.2. The molecule has 0 saturated heterocycles. The van der Waals surface area contributed by atoms with Crippen molar-refractivity contribution in [2.75, 3.05) is 32.5 Å². The SMILES string of the molecule is CC#CC1=NC([N+](=O)[O-])=C(C[N+](C)(C)C/C=C/C(=O)Cc2cc3c(Nc4ccc(Br)c(F)c4)ncnc3cn2)C1. The molecule has 0 saturated carbocycles. The quantitative estimate of drug-likeness (QED) is 0.116. The molecule has 0 spiro atoms. The first-order valence-corrected chi connectivity index (χ1v) is 13.0. The fourth-order valence-corrected chi connectivity index (χ4v) is 4.48. The lowest BCUT2D eigenvalue weighted by Crippen LogP contribution is -2.41. The summed E-state index contributed by atoms with van der Waals surface area (Å²) in [7, 11) is 3.86. The van der Waals surface area contributed by atoms with E-state index in [1.165, 1.54) is 18.5 Å². The summed E-state index contributed by atoms with van der Waals surface area (Å²) in [6, 6.07) is 6.39. The molecule has 1 aliphatic rings. The highest BCUT2D eigenvalue weighted by atomic mass is 79.9. The number of carbonyl (C=O) groups is 1. The molecule has 0 bridgehead atoms. The Morgan fingerprint density at radius 1 is 1.27 bits per heavy atom. The number of carbonyl (C=O) groups excluding carboxylic acids is 1. The van der Waals surface area contributed by atoms with Crippen molar-refractivity contribution < 1.29 is 18.6 Å². The number of hydrogen-bond acceptors (Lipinski definition) is 8. The average Bonchev–Trinajstić information content (AvgIpc) is 3.28. The van der Waals surface area contributed by atoms with Gasteiger partial charge in [-0.1, -0.05) is 5.92 Å². The number of fused-ring (bicyclic) bond motifs is 1. The molecule has 0 amide bonds. The molecule has 3 heterocycles. The van der Waals surface area contributed by atoms with Gasteiger partial charge >= 0.3 is 5.82 Å². The minimum absolute atomic E-state index is 0.0601. The van der Waals surface area contributed by atoms with Crippen LogP contribution in [0.3, 0.4) is 0 Å². The number of quaternary nitrogens is 1. The van der Waals surface area contributed by atoms with Crippen molar-refractivity contribution in [1.82, 2.24) is 15.0 Å². The Morgan fingerprint density at radius 3 is 2.80 bits per heavy atom. The molecule has 4 rings (SSSR count). The van der Waals surface area contributed by atoms with Gasteiger partial charge in [-0.15, -0.1) is 0 Å². The summed E-state index contributed by atoms with van der Waals surface area (Å²) in [5.74, 6) is 5.30. The highest BCUT2D eigenvalue weighted by molar-refractivity contribution is 9.10. The maximum Gasteiger partial charge on any atom is 0.369 e. The van der Waals surface area contributed by atoms with Crippen LogP contribution in [-0.4, -0.2) is 63.0 Å². The Balaban J connectivity index is 1.41. The van der Waals surface area contributed by atoms with Crippen molar-refractivity contribution in [1.29, 1.82) is 0 Å². The summed E-state index contributed by atoms with van der Waals surface area (Å²) in [5, 5.41) is 15.2.